The quantitative estimate of drug-likeness (QED) is 0.0299. The van der Waals surface area contributed by atoms with Crippen LogP contribution in [-0.4, -0.2) is 157 Å². The van der Waals surface area contributed by atoms with Gasteiger partial charge < -0.3 is 57.3 Å². The van der Waals surface area contributed by atoms with E-state index in [-0.39, 0.29) is 81.9 Å². The predicted octanol–water partition coefficient (Wildman–Crippen LogP) is 2.82. The molecule has 0 saturated carbocycles. The monoisotopic (exact) mass is 1210 g/mol. The van der Waals surface area contributed by atoms with Crippen LogP contribution in [0.2, 0.25) is 0 Å². The minimum absolute atomic E-state index is 0.0173. The molecule has 27 heteroatoms. The van der Waals surface area contributed by atoms with E-state index in [1.54, 1.807) is 17.2 Å². The number of halogens is 2. The molecule has 0 fully saturated rings. The molecular formula is C58H76F2N10O14S. The first-order valence-corrected chi connectivity index (χ1v) is 28.9. The summed E-state index contributed by atoms with van der Waals surface area (Å²) in [6.07, 6.45) is 3.77. The summed E-state index contributed by atoms with van der Waals surface area (Å²) in [5, 5.41) is 33.2. The second kappa shape index (κ2) is 33.7. The van der Waals surface area contributed by atoms with Crippen molar-refractivity contribution in [3.63, 3.8) is 0 Å². The van der Waals surface area contributed by atoms with Crippen LogP contribution in [0.25, 0.3) is 11.1 Å². The Balaban J connectivity index is 1.45. The van der Waals surface area contributed by atoms with Crippen molar-refractivity contribution < 1.29 is 76.5 Å². The van der Waals surface area contributed by atoms with E-state index in [0.29, 0.717) is 30.5 Å². The number of nitrogens with two attached hydrogens (primary N) is 1. The fourth-order valence-electron chi connectivity index (χ4n) is 9.07. The van der Waals surface area contributed by atoms with Gasteiger partial charge in [-0.15, -0.1) is 0 Å². The summed E-state index contributed by atoms with van der Waals surface area (Å²) in [6, 6.07) is 8.03. The number of amides is 10. The lowest BCUT2D eigenvalue weighted by atomic mass is 9.83. The number of aliphatic carboxylic acids is 2. The maximum atomic E-state index is 15.5. The molecule has 5 atom stereocenters. The standard InChI is InChI=1S/C58H76F2N10O14S/c1-35(64-47(73)15-10-7-11-26-69-49(75)19-20-50(69)76)54(80)65-36(2)55(81)67-43(31-45(61)71)56(82)63-24-12-27-70(51(77)34-85-28-23-46(72)62-25-22-48(74)66-42(57(83)84)18-21-52(78)79)53(58(3,4)5)44-29-38(40-30-39(59)16-17-41(40)60)33-68(44)32-37-13-8-6-9-14-37/h6,8-9,13-14,16-17,19-20,29-30,33,35-36,42-43,53H,7,10-12,15,18,21-28,31-32,34H2,1-5H3,(H2,61,71)(H,62,72)(H,63,82)(H,64,73)(H,65,80)(H,66,74)(H,67,81)(H,78,79)(H,83,84)/t35-,36+,42-,43-,53-/m0/s1. The average Bonchev–Trinajstić information content (AvgIpc) is 2.76. The van der Waals surface area contributed by atoms with Crippen molar-refractivity contribution in [1.82, 2.24) is 46.3 Å². The zero-order chi connectivity index (χ0) is 63.0. The van der Waals surface area contributed by atoms with E-state index < -0.39 is 131 Å². The molecule has 0 radical (unpaired) electrons. The molecule has 0 bridgehead atoms. The Hall–Kier alpha value is -8.49. The Morgan fingerprint density at radius 3 is 2.01 bits per heavy atom. The van der Waals surface area contributed by atoms with Crippen LogP contribution in [0.5, 0.6) is 0 Å². The van der Waals surface area contributed by atoms with Crippen molar-refractivity contribution in [2.75, 3.05) is 37.7 Å². The molecule has 3 aromatic rings. The highest BCUT2D eigenvalue weighted by molar-refractivity contribution is 7.99. The van der Waals surface area contributed by atoms with Crippen LogP contribution in [0.15, 0.2) is 72.9 Å². The van der Waals surface area contributed by atoms with E-state index in [2.05, 4.69) is 31.9 Å². The van der Waals surface area contributed by atoms with Gasteiger partial charge in [0.2, 0.25) is 47.3 Å². The summed E-state index contributed by atoms with van der Waals surface area (Å²) in [5.41, 5.74) is 6.44. The number of rotatable bonds is 36. The molecule has 462 valence electrons. The van der Waals surface area contributed by atoms with E-state index in [9.17, 15) is 67.0 Å². The number of benzene rings is 2. The molecule has 4 rings (SSSR count). The van der Waals surface area contributed by atoms with Crippen LogP contribution >= 0.6 is 11.8 Å². The van der Waals surface area contributed by atoms with Crippen molar-refractivity contribution in [3.05, 3.63) is 95.8 Å². The van der Waals surface area contributed by atoms with Gasteiger partial charge in [0.25, 0.3) is 11.8 Å². The van der Waals surface area contributed by atoms with E-state index in [0.717, 1.165) is 40.4 Å². The molecule has 1 aliphatic heterocycles. The lowest BCUT2D eigenvalue weighted by molar-refractivity contribution is -0.143. The number of aromatic nitrogens is 1. The van der Waals surface area contributed by atoms with Crippen molar-refractivity contribution in [2.45, 2.75) is 136 Å². The molecule has 85 heavy (non-hydrogen) atoms. The number of carbonyl (C=O) groups is 12. The Morgan fingerprint density at radius 1 is 0.706 bits per heavy atom. The number of hydrogen-bond acceptors (Lipinski definition) is 13. The first-order valence-electron chi connectivity index (χ1n) is 27.7. The molecule has 0 saturated heterocycles. The smallest absolute Gasteiger partial charge is 0.326 e. The molecule has 0 unspecified atom stereocenters. The number of hydrogen-bond donors (Lipinski definition) is 9. The fourth-order valence-corrected chi connectivity index (χ4v) is 9.89. The topological polar surface area (TPSA) is 355 Å². The number of imide groups is 1. The summed E-state index contributed by atoms with van der Waals surface area (Å²) in [6.45, 7) is 8.59. The molecule has 0 aliphatic carbocycles. The van der Waals surface area contributed by atoms with Crippen LogP contribution in [0, 0.1) is 17.0 Å². The summed E-state index contributed by atoms with van der Waals surface area (Å²) in [7, 11) is 0. The fraction of sp³-hybridized carbons (Fsp3) is 0.483. The van der Waals surface area contributed by atoms with Gasteiger partial charge in [-0.2, -0.15) is 11.8 Å². The number of unbranched alkanes of at least 4 members (excludes halogenated alkanes) is 2. The zero-order valence-corrected chi connectivity index (χ0v) is 49.0. The Morgan fingerprint density at radius 2 is 1.36 bits per heavy atom. The third-order valence-electron chi connectivity index (χ3n) is 13.4. The third kappa shape index (κ3) is 23.2. The number of nitrogens with one attached hydrogen (secondary N) is 6. The van der Waals surface area contributed by atoms with Gasteiger partial charge in [0, 0.05) is 99.3 Å². The molecule has 2 aromatic carbocycles. The molecule has 10 N–H and O–H groups in total. The van der Waals surface area contributed by atoms with E-state index in [1.807, 2.05) is 55.7 Å². The molecule has 0 spiro atoms. The highest BCUT2D eigenvalue weighted by atomic mass is 32.2. The van der Waals surface area contributed by atoms with Crippen molar-refractivity contribution >= 4 is 82.8 Å². The lowest BCUT2D eigenvalue weighted by Crippen LogP contribution is -2.56. The summed E-state index contributed by atoms with van der Waals surface area (Å²) < 4.78 is 32.0. The van der Waals surface area contributed by atoms with Crippen molar-refractivity contribution in [3.8, 4) is 11.1 Å². The summed E-state index contributed by atoms with van der Waals surface area (Å²) in [4.78, 5) is 153. The largest absolute Gasteiger partial charge is 0.481 e. The Labute approximate surface area is 495 Å². The highest BCUT2D eigenvalue weighted by Crippen LogP contribution is 2.41. The zero-order valence-electron chi connectivity index (χ0n) is 48.2. The number of carboxylic acid groups (broad SMARTS) is 2. The number of nitrogens with zero attached hydrogens (tertiary/aromatic N) is 3. The van der Waals surface area contributed by atoms with Gasteiger partial charge in [-0.25, -0.2) is 13.6 Å². The van der Waals surface area contributed by atoms with E-state index >= 15 is 4.39 Å². The lowest BCUT2D eigenvalue weighted by Gasteiger charge is -2.41. The molecule has 10 amide bonds. The number of carboxylic acids is 2. The SMILES string of the molecule is C[C@H](NC(=O)CCCCCN1C(=O)C=CC1=O)C(=O)N[C@H](C)C(=O)N[C@@H](CC(N)=O)C(=O)NCCCN(C(=O)CSCCC(=O)NCCC(=O)N[C@@H](CCC(=O)O)C(=O)O)[C@@H](c1cc(-c2cc(F)ccc2F)cn1Cc1ccccc1)C(C)(C)C. The minimum Gasteiger partial charge on any atom is -0.481 e. The number of thioether (sulfide) groups is 1. The molecule has 2 heterocycles. The van der Waals surface area contributed by atoms with Crippen LogP contribution in [0.3, 0.4) is 0 Å². The van der Waals surface area contributed by atoms with Crippen LogP contribution < -0.4 is 37.6 Å². The molecule has 24 nitrogen and oxygen atoms in total. The second-order valence-corrected chi connectivity index (χ2v) is 22.5. The molecular weight excluding hydrogens is 1130 g/mol. The van der Waals surface area contributed by atoms with Gasteiger partial charge in [0.05, 0.1) is 18.2 Å². The molecule has 1 aliphatic rings. The van der Waals surface area contributed by atoms with Gasteiger partial charge in [0.1, 0.15) is 35.8 Å². The van der Waals surface area contributed by atoms with Gasteiger partial charge in [0.15, 0.2) is 0 Å². The predicted molar refractivity (Wildman–Crippen MR) is 308 cm³/mol. The number of carbonyl (C=O) groups excluding carboxylic acids is 10. The van der Waals surface area contributed by atoms with Crippen molar-refractivity contribution in [1.29, 1.82) is 0 Å². The summed E-state index contributed by atoms with van der Waals surface area (Å²) in [5.74, 6) is -10.2. The van der Waals surface area contributed by atoms with Crippen LogP contribution in [-0.2, 0) is 64.1 Å². The van der Waals surface area contributed by atoms with Crippen LogP contribution in [0.4, 0.5) is 8.78 Å². The minimum atomic E-state index is -1.51. The Bertz CT molecular complexity index is 2920. The third-order valence-corrected chi connectivity index (χ3v) is 14.3. The van der Waals surface area contributed by atoms with Crippen molar-refractivity contribution in [2.24, 2.45) is 11.1 Å². The van der Waals surface area contributed by atoms with Gasteiger partial charge in [-0.3, -0.25) is 57.6 Å². The van der Waals surface area contributed by atoms with E-state index in [1.165, 1.54) is 26.0 Å². The second-order valence-electron chi connectivity index (χ2n) is 21.4. The highest BCUT2D eigenvalue weighted by Gasteiger charge is 2.38. The Kier molecular flexibility index (Phi) is 27.4. The van der Waals surface area contributed by atoms with Gasteiger partial charge in [-0.05, 0) is 74.8 Å². The number of primary amides is 1. The molecule has 1 aromatic heterocycles. The summed E-state index contributed by atoms with van der Waals surface area (Å²) >= 11 is 1.13. The first-order chi connectivity index (χ1) is 40.1. The van der Waals surface area contributed by atoms with Gasteiger partial charge in [-0.1, -0.05) is 57.5 Å². The average molecular weight is 1210 g/mol. The maximum absolute atomic E-state index is 15.5. The van der Waals surface area contributed by atoms with E-state index in [4.69, 9.17) is 10.8 Å². The van der Waals surface area contributed by atoms with Crippen LogP contribution in [0.1, 0.15) is 116 Å². The maximum Gasteiger partial charge on any atom is 0.326 e. The first kappa shape index (κ1) is 69.0. The van der Waals surface area contributed by atoms with Gasteiger partial charge >= 0.3 is 11.9 Å². The normalized spacial score (nSPS) is 13.8.